The first-order chi connectivity index (χ1) is 6.33. The highest BCUT2D eigenvalue weighted by Crippen LogP contribution is 2.14. The lowest BCUT2D eigenvalue weighted by atomic mass is 10.3. The van der Waals surface area contributed by atoms with E-state index in [1.54, 1.807) is 4.52 Å². The van der Waals surface area contributed by atoms with Gasteiger partial charge >= 0.3 is 0 Å². The van der Waals surface area contributed by atoms with Crippen LogP contribution in [0.25, 0.3) is 5.52 Å². The minimum absolute atomic E-state index is 0.637. The van der Waals surface area contributed by atoms with Crippen LogP contribution in [0.1, 0.15) is 12.6 Å². The molecule has 0 aromatic carbocycles. The highest BCUT2D eigenvalue weighted by Gasteiger charge is 2.04. The van der Waals surface area contributed by atoms with E-state index in [1.807, 2.05) is 32.0 Å². The van der Waals surface area contributed by atoms with Gasteiger partial charge in [0.2, 0.25) is 5.88 Å². The fraction of sp³-hybridized carbons (Fsp3) is 0.333. The van der Waals surface area contributed by atoms with E-state index in [0.29, 0.717) is 6.61 Å². The molecule has 0 aliphatic heterocycles. The number of aromatic nitrogens is 3. The third-order valence-corrected chi connectivity index (χ3v) is 1.88. The molecule has 0 bridgehead atoms. The summed E-state index contributed by atoms with van der Waals surface area (Å²) >= 11 is 0. The van der Waals surface area contributed by atoms with E-state index in [9.17, 15) is 0 Å². The summed E-state index contributed by atoms with van der Waals surface area (Å²) in [5.41, 5.74) is 1.91. The maximum absolute atomic E-state index is 5.39. The lowest BCUT2D eigenvalue weighted by molar-refractivity contribution is 0.317. The minimum atomic E-state index is 0.637. The van der Waals surface area contributed by atoms with Gasteiger partial charge in [0, 0.05) is 6.07 Å². The SMILES string of the molecule is CCOc1cccc2c(C)nnn12. The summed E-state index contributed by atoms with van der Waals surface area (Å²) in [4.78, 5) is 0. The van der Waals surface area contributed by atoms with Crippen LogP contribution in [-0.4, -0.2) is 21.4 Å². The molecule has 0 N–H and O–H groups in total. The average Bonchev–Trinajstić information content (AvgIpc) is 2.50. The molecule has 0 atom stereocenters. The largest absolute Gasteiger partial charge is 0.478 e. The molecule has 4 nitrogen and oxygen atoms in total. The average molecular weight is 177 g/mol. The van der Waals surface area contributed by atoms with Crippen LogP contribution in [0.2, 0.25) is 0 Å². The molecule has 68 valence electrons. The Hall–Kier alpha value is -1.58. The van der Waals surface area contributed by atoms with Crippen molar-refractivity contribution in [3.05, 3.63) is 23.9 Å². The Kier molecular flexibility index (Phi) is 1.88. The van der Waals surface area contributed by atoms with E-state index in [2.05, 4.69) is 10.3 Å². The molecule has 0 fully saturated rings. The van der Waals surface area contributed by atoms with Crippen LogP contribution in [-0.2, 0) is 0 Å². The molecule has 13 heavy (non-hydrogen) atoms. The number of rotatable bonds is 2. The van der Waals surface area contributed by atoms with Crippen molar-refractivity contribution in [2.24, 2.45) is 0 Å². The zero-order valence-electron chi connectivity index (χ0n) is 7.69. The number of nitrogens with zero attached hydrogens (tertiary/aromatic N) is 3. The van der Waals surface area contributed by atoms with Crippen LogP contribution in [0.3, 0.4) is 0 Å². The number of fused-ring (bicyclic) bond motifs is 1. The first-order valence-corrected chi connectivity index (χ1v) is 4.26. The van der Waals surface area contributed by atoms with Crippen LogP contribution >= 0.6 is 0 Å². The molecule has 0 radical (unpaired) electrons. The molecule has 2 aromatic heterocycles. The van der Waals surface area contributed by atoms with Gasteiger partial charge in [-0.2, -0.15) is 4.52 Å². The van der Waals surface area contributed by atoms with E-state index in [4.69, 9.17) is 4.74 Å². The van der Waals surface area contributed by atoms with Crippen molar-refractivity contribution >= 4 is 5.52 Å². The first kappa shape index (κ1) is 8.04. The van der Waals surface area contributed by atoms with Crippen molar-refractivity contribution in [3.63, 3.8) is 0 Å². The third kappa shape index (κ3) is 1.24. The minimum Gasteiger partial charge on any atom is -0.478 e. The molecule has 0 amide bonds. The van der Waals surface area contributed by atoms with E-state index >= 15 is 0 Å². The second-order valence-corrected chi connectivity index (χ2v) is 2.77. The predicted molar refractivity (Wildman–Crippen MR) is 48.9 cm³/mol. The zero-order chi connectivity index (χ0) is 9.26. The van der Waals surface area contributed by atoms with Crippen molar-refractivity contribution in [1.29, 1.82) is 0 Å². The maximum Gasteiger partial charge on any atom is 0.216 e. The fourth-order valence-electron chi connectivity index (χ4n) is 1.27. The Morgan fingerprint density at radius 3 is 3.08 bits per heavy atom. The van der Waals surface area contributed by atoms with Crippen LogP contribution in [0.15, 0.2) is 18.2 Å². The Labute approximate surface area is 76.1 Å². The van der Waals surface area contributed by atoms with Crippen LogP contribution < -0.4 is 4.74 Å². The van der Waals surface area contributed by atoms with Crippen molar-refractivity contribution in [3.8, 4) is 5.88 Å². The number of hydrogen-bond acceptors (Lipinski definition) is 3. The molecule has 0 spiro atoms. The van der Waals surface area contributed by atoms with Crippen LogP contribution in [0.4, 0.5) is 0 Å². The van der Waals surface area contributed by atoms with E-state index < -0.39 is 0 Å². The van der Waals surface area contributed by atoms with Crippen molar-refractivity contribution in [2.45, 2.75) is 13.8 Å². The molecule has 4 heteroatoms. The lowest BCUT2D eigenvalue weighted by Crippen LogP contribution is -1.99. The topological polar surface area (TPSA) is 39.4 Å². The smallest absolute Gasteiger partial charge is 0.216 e. The molecule has 2 aromatic rings. The van der Waals surface area contributed by atoms with Gasteiger partial charge in [-0.05, 0) is 19.9 Å². The Balaban J connectivity index is 2.63. The molecular weight excluding hydrogens is 166 g/mol. The summed E-state index contributed by atoms with van der Waals surface area (Å²) in [5, 5.41) is 7.95. The van der Waals surface area contributed by atoms with Gasteiger partial charge in [-0.25, -0.2) is 0 Å². The molecule has 0 aliphatic rings. The summed E-state index contributed by atoms with van der Waals surface area (Å²) in [6.07, 6.45) is 0. The standard InChI is InChI=1S/C9H11N3O/c1-3-13-9-6-4-5-8-7(2)10-11-12(8)9/h4-6H,3H2,1-2H3. The zero-order valence-corrected chi connectivity index (χ0v) is 7.69. The predicted octanol–water partition coefficient (Wildman–Crippen LogP) is 1.44. The van der Waals surface area contributed by atoms with Gasteiger partial charge in [0.1, 0.15) is 0 Å². The van der Waals surface area contributed by atoms with Crippen LogP contribution in [0, 0.1) is 6.92 Å². The monoisotopic (exact) mass is 177 g/mol. The van der Waals surface area contributed by atoms with Crippen molar-refractivity contribution < 1.29 is 4.74 Å². The summed E-state index contributed by atoms with van der Waals surface area (Å²) < 4.78 is 7.10. The maximum atomic E-state index is 5.39. The fourth-order valence-corrected chi connectivity index (χ4v) is 1.27. The first-order valence-electron chi connectivity index (χ1n) is 4.26. The Bertz CT molecular complexity index is 422. The molecule has 0 aliphatic carbocycles. The van der Waals surface area contributed by atoms with Crippen LogP contribution in [0.5, 0.6) is 5.88 Å². The van der Waals surface area contributed by atoms with Gasteiger partial charge < -0.3 is 4.74 Å². The lowest BCUT2D eigenvalue weighted by Gasteiger charge is -2.03. The van der Waals surface area contributed by atoms with Gasteiger partial charge in [-0.1, -0.05) is 11.3 Å². The van der Waals surface area contributed by atoms with Crippen molar-refractivity contribution in [1.82, 2.24) is 14.8 Å². The van der Waals surface area contributed by atoms with E-state index in [0.717, 1.165) is 17.1 Å². The van der Waals surface area contributed by atoms with Gasteiger partial charge in [0.15, 0.2) is 0 Å². The highest BCUT2D eigenvalue weighted by molar-refractivity contribution is 5.51. The van der Waals surface area contributed by atoms with E-state index in [-0.39, 0.29) is 0 Å². The van der Waals surface area contributed by atoms with Gasteiger partial charge in [-0.15, -0.1) is 5.10 Å². The van der Waals surface area contributed by atoms with Gasteiger partial charge in [0.25, 0.3) is 0 Å². The Morgan fingerprint density at radius 2 is 2.31 bits per heavy atom. The highest BCUT2D eigenvalue weighted by atomic mass is 16.5. The molecule has 0 saturated heterocycles. The molecule has 2 heterocycles. The number of pyridine rings is 1. The molecule has 2 rings (SSSR count). The molecule has 0 unspecified atom stereocenters. The number of ether oxygens (including phenoxy) is 1. The summed E-state index contributed by atoms with van der Waals surface area (Å²) in [6.45, 7) is 4.51. The third-order valence-electron chi connectivity index (χ3n) is 1.88. The molecular formula is C9H11N3O. The van der Waals surface area contributed by atoms with Gasteiger partial charge in [0.05, 0.1) is 17.8 Å². The normalized spacial score (nSPS) is 10.6. The Morgan fingerprint density at radius 1 is 1.46 bits per heavy atom. The number of aryl methyl sites for hydroxylation is 1. The summed E-state index contributed by atoms with van der Waals surface area (Å²) in [7, 11) is 0. The van der Waals surface area contributed by atoms with Crippen molar-refractivity contribution in [2.75, 3.05) is 6.61 Å². The van der Waals surface area contributed by atoms with Gasteiger partial charge in [-0.3, -0.25) is 0 Å². The summed E-state index contributed by atoms with van der Waals surface area (Å²) in [5.74, 6) is 0.737. The quantitative estimate of drug-likeness (QED) is 0.696. The number of hydrogen-bond donors (Lipinski definition) is 0. The second kappa shape index (κ2) is 3.05. The molecule has 0 saturated carbocycles. The van der Waals surface area contributed by atoms with E-state index in [1.165, 1.54) is 0 Å². The second-order valence-electron chi connectivity index (χ2n) is 2.77. The summed E-state index contributed by atoms with van der Waals surface area (Å²) in [6, 6.07) is 5.79.